The van der Waals surface area contributed by atoms with Crippen molar-refractivity contribution in [1.29, 1.82) is 0 Å². The fourth-order valence-corrected chi connectivity index (χ4v) is 2.72. The summed E-state index contributed by atoms with van der Waals surface area (Å²) in [5.41, 5.74) is 1.61. The van der Waals surface area contributed by atoms with E-state index in [9.17, 15) is 14.0 Å². The molecule has 0 heterocycles. The first kappa shape index (κ1) is 21.7. The van der Waals surface area contributed by atoms with Crippen molar-refractivity contribution in [2.75, 3.05) is 7.11 Å². The van der Waals surface area contributed by atoms with Gasteiger partial charge >= 0.3 is 12.1 Å². The average molecular weight is 408 g/mol. The maximum absolute atomic E-state index is 13.4. The van der Waals surface area contributed by atoms with Gasteiger partial charge in [-0.2, -0.15) is 0 Å². The maximum Gasteiger partial charge on any atom is 0.408 e. The van der Waals surface area contributed by atoms with Gasteiger partial charge < -0.3 is 14.8 Å². The van der Waals surface area contributed by atoms with E-state index in [-0.39, 0.29) is 11.4 Å². The van der Waals surface area contributed by atoms with Crippen LogP contribution >= 0.6 is 11.6 Å². The predicted octanol–water partition coefficient (Wildman–Crippen LogP) is 5.28. The summed E-state index contributed by atoms with van der Waals surface area (Å²) in [4.78, 5) is 23.9. The highest BCUT2D eigenvalue weighted by Crippen LogP contribution is 2.27. The molecule has 0 aliphatic carbocycles. The second-order valence-corrected chi connectivity index (χ2v) is 7.64. The molecule has 0 fully saturated rings. The molecule has 28 heavy (non-hydrogen) atoms. The van der Waals surface area contributed by atoms with Crippen LogP contribution in [-0.4, -0.2) is 24.8 Å². The van der Waals surface area contributed by atoms with Crippen molar-refractivity contribution in [2.45, 2.75) is 38.8 Å². The van der Waals surface area contributed by atoms with Gasteiger partial charge in [-0.05, 0) is 49.6 Å². The number of rotatable bonds is 5. The van der Waals surface area contributed by atoms with Crippen molar-refractivity contribution in [2.24, 2.45) is 0 Å². The minimum absolute atomic E-state index is 0.0386. The maximum atomic E-state index is 13.4. The summed E-state index contributed by atoms with van der Waals surface area (Å²) < 4.78 is 23.3. The molecule has 7 heteroatoms. The second-order valence-electron chi connectivity index (χ2n) is 7.23. The summed E-state index contributed by atoms with van der Waals surface area (Å²) in [5, 5.41) is 2.74. The topological polar surface area (TPSA) is 64.6 Å². The third kappa shape index (κ3) is 6.23. The number of alkyl carbamates (subject to hydrolysis) is 1. The van der Waals surface area contributed by atoms with Crippen LogP contribution in [0.3, 0.4) is 0 Å². The van der Waals surface area contributed by atoms with Crippen LogP contribution in [0.1, 0.15) is 38.8 Å². The molecule has 2 aromatic rings. The molecule has 2 aromatic carbocycles. The number of benzene rings is 2. The van der Waals surface area contributed by atoms with Crippen molar-refractivity contribution in [3.63, 3.8) is 0 Å². The Bertz CT molecular complexity index is 846. The molecule has 1 amide bonds. The SMILES string of the molecule is COC(=O)CC(NC(=O)OC(C)(C)C)c1ccc(-c2ccc(F)c(Cl)c2)cc1. The van der Waals surface area contributed by atoms with Crippen LogP contribution in [0.2, 0.25) is 5.02 Å². The molecule has 0 bridgehead atoms. The lowest BCUT2D eigenvalue weighted by molar-refractivity contribution is -0.141. The largest absolute Gasteiger partial charge is 0.469 e. The van der Waals surface area contributed by atoms with E-state index in [1.165, 1.54) is 19.2 Å². The van der Waals surface area contributed by atoms with Gasteiger partial charge in [0, 0.05) is 0 Å². The molecule has 150 valence electrons. The predicted molar refractivity (Wildman–Crippen MR) is 106 cm³/mol. The number of carbonyl (C=O) groups is 2. The summed E-state index contributed by atoms with van der Waals surface area (Å²) >= 11 is 5.84. The summed E-state index contributed by atoms with van der Waals surface area (Å²) in [6.07, 6.45) is -0.673. The van der Waals surface area contributed by atoms with E-state index >= 15 is 0 Å². The molecule has 5 nitrogen and oxygen atoms in total. The number of hydrogen-bond donors (Lipinski definition) is 1. The molecule has 1 N–H and O–H groups in total. The van der Waals surface area contributed by atoms with Crippen LogP contribution < -0.4 is 5.32 Å². The molecular weight excluding hydrogens is 385 g/mol. The Morgan fingerprint density at radius 3 is 2.25 bits per heavy atom. The zero-order chi connectivity index (χ0) is 20.9. The third-order valence-corrected chi connectivity index (χ3v) is 4.15. The van der Waals surface area contributed by atoms with Crippen molar-refractivity contribution in [1.82, 2.24) is 5.32 Å². The summed E-state index contributed by atoms with van der Waals surface area (Å²) in [7, 11) is 1.29. The van der Waals surface area contributed by atoms with E-state index in [0.29, 0.717) is 5.56 Å². The molecular formula is C21H23ClFNO4. The van der Waals surface area contributed by atoms with Crippen molar-refractivity contribution < 1.29 is 23.5 Å². The quantitative estimate of drug-likeness (QED) is 0.685. The van der Waals surface area contributed by atoms with Gasteiger partial charge in [0.1, 0.15) is 11.4 Å². The zero-order valence-electron chi connectivity index (χ0n) is 16.2. The fraction of sp³-hybridized carbons (Fsp3) is 0.333. The highest BCUT2D eigenvalue weighted by Gasteiger charge is 2.23. The first-order valence-corrected chi connectivity index (χ1v) is 9.08. The molecule has 1 atom stereocenters. The van der Waals surface area contributed by atoms with Gasteiger partial charge in [0.2, 0.25) is 0 Å². The molecule has 0 aliphatic rings. The molecule has 0 aromatic heterocycles. The van der Waals surface area contributed by atoms with Crippen LogP contribution in [0.15, 0.2) is 42.5 Å². The lowest BCUT2D eigenvalue weighted by Gasteiger charge is -2.23. The number of ether oxygens (including phenoxy) is 2. The summed E-state index contributed by atoms with van der Waals surface area (Å²) in [6, 6.07) is 11.0. The molecule has 0 saturated carbocycles. The standard InChI is InChI=1S/C21H23ClFNO4/c1-21(2,3)28-20(26)24-18(12-19(25)27-4)14-7-5-13(6-8-14)15-9-10-17(23)16(22)11-15/h5-11,18H,12H2,1-4H3,(H,24,26). The number of hydrogen-bond acceptors (Lipinski definition) is 4. The van der Waals surface area contributed by atoms with Crippen molar-refractivity contribution in [3.05, 3.63) is 58.9 Å². The minimum Gasteiger partial charge on any atom is -0.469 e. The van der Waals surface area contributed by atoms with Gasteiger partial charge in [0.25, 0.3) is 0 Å². The van der Waals surface area contributed by atoms with Crippen LogP contribution in [0.25, 0.3) is 11.1 Å². The Labute approximate surface area is 168 Å². The second kappa shape index (κ2) is 9.06. The average Bonchev–Trinajstić information content (AvgIpc) is 2.62. The smallest absolute Gasteiger partial charge is 0.408 e. The highest BCUT2D eigenvalue weighted by atomic mass is 35.5. The third-order valence-electron chi connectivity index (χ3n) is 3.86. The Morgan fingerprint density at radius 1 is 1.11 bits per heavy atom. The molecule has 0 saturated heterocycles. The number of halogens is 2. The van der Waals surface area contributed by atoms with Crippen molar-refractivity contribution in [3.8, 4) is 11.1 Å². The number of carbonyl (C=O) groups excluding carboxylic acids is 2. The molecule has 2 rings (SSSR count). The molecule has 0 radical (unpaired) electrons. The first-order chi connectivity index (χ1) is 13.1. The van der Waals surface area contributed by atoms with Crippen LogP contribution in [0.5, 0.6) is 0 Å². The van der Waals surface area contributed by atoms with Gasteiger partial charge in [0.15, 0.2) is 0 Å². The fourth-order valence-electron chi connectivity index (χ4n) is 2.54. The number of nitrogens with one attached hydrogen (secondary N) is 1. The van der Waals surface area contributed by atoms with Crippen LogP contribution in [0.4, 0.5) is 9.18 Å². The molecule has 0 aliphatic heterocycles. The first-order valence-electron chi connectivity index (χ1n) is 8.71. The van der Waals surface area contributed by atoms with Gasteiger partial charge in [-0.15, -0.1) is 0 Å². The Hall–Kier alpha value is -2.60. The number of esters is 1. The zero-order valence-corrected chi connectivity index (χ0v) is 17.0. The summed E-state index contributed by atoms with van der Waals surface area (Å²) in [5.74, 6) is -0.947. The van der Waals surface area contributed by atoms with E-state index in [2.05, 4.69) is 5.32 Å². The Balaban J connectivity index is 2.23. The Kier molecular flexibility index (Phi) is 7.02. The normalized spacial score (nSPS) is 12.2. The number of methoxy groups -OCH3 is 1. The van der Waals surface area contributed by atoms with Gasteiger partial charge in [0.05, 0.1) is 24.6 Å². The van der Waals surface area contributed by atoms with E-state index in [1.54, 1.807) is 51.1 Å². The highest BCUT2D eigenvalue weighted by molar-refractivity contribution is 6.31. The van der Waals surface area contributed by atoms with Gasteiger partial charge in [-0.1, -0.05) is 41.9 Å². The van der Waals surface area contributed by atoms with E-state index in [0.717, 1.165) is 11.1 Å². The van der Waals surface area contributed by atoms with Crippen LogP contribution in [0, 0.1) is 5.82 Å². The summed E-state index contributed by atoms with van der Waals surface area (Å²) in [6.45, 7) is 5.26. The Morgan fingerprint density at radius 2 is 1.71 bits per heavy atom. The molecule has 1 unspecified atom stereocenters. The van der Waals surface area contributed by atoms with E-state index in [1.807, 2.05) is 0 Å². The van der Waals surface area contributed by atoms with E-state index in [4.69, 9.17) is 21.1 Å². The lowest BCUT2D eigenvalue weighted by atomic mass is 9.99. The monoisotopic (exact) mass is 407 g/mol. The van der Waals surface area contributed by atoms with Gasteiger partial charge in [-0.25, -0.2) is 9.18 Å². The van der Waals surface area contributed by atoms with Crippen LogP contribution in [-0.2, 0) is 14.3 Å². The number of amides is 1. The lowest BCUT2D eigenvalue weighted by Crippen LogP contribution is -2.35. The minimum atomic E-state index is -0.661. The molecule has 0 spiro atoms. The van der Waals surface area contributed by atoms with Crippen molar-refractivity contribution >= 4 is 23.7 Å². The van der Waals surface area contributed by atoms with E-state index < -0.39 is 29.5 Å². The van der Waals surface area contributed by atoms with Gasteiger partial charge in [-0.3, -0.25) is 4.79 Å².